The van der Waals surface area contributed by atoms with E-state index in [9.17, 15) is 9.59 Å². The monoisotopic (exact) mass is 342 g/mol. The summed E-state index contributed by atoms with van der Waals surface area (Å²) in [6.45, 7) is 4.32. The molecule has 0 spiro atoms. The van der Waals surface area contributed by atoms with Gasteiger partial charge in [-0.25, -0.2) is 4.98 Å². The molecule has 1 aliphatic heterocycles. The van der Waals surface area contributed by atoms with Crippen LogP contribution in [-0.2, 0) is 0 Å². The second-order valence-electron chi connectivity index (χ2n) is 6.67. The van der Waals surface area contributed by atoms with Crippen LogP contribution >= 0.6 is 0 Å². The van der Waals surface area contributed by atoms with Crippen LogP contribution < -0.4 is 0 Å². The number of rotatable bonds is 5. The van der Waals surface area contributed by atoms with Crippen LogP contribution in [0.2, 0.25) is 0 Å². The Morgan fingerprint density at radius 1 is 1.20 bits per heavy atom. The van der Waals surface area contributed by atoms with Crippen molar-refractivity contribution in [2.75, 3.05) is 26.7 Å². The molecule has 1 saturated heterocycles. The lowest BCUT2D eigenvalue weighted by molar-refractivity contribution is 0.0711. The highest BCUT2D eigenvalue weighted by Crippen LogP contribution is 2.18. The van der Waals surface area contributed by atoms with Crippen molar-refractivity contribution in [2.24, 2.45) is 0 Å². The van der Waals surface area contributed by atoms with Crippen molar-refractivity contribution in [1.82, 2.24) is 19.2 Å². The number of piperidine rings is 1. The minimum absolute atomic E-state index is 0.0869. The van der Waals surface area contributed by atoms with E-state index in [-0.39, 0.29) is 11.8 Å². The molecule has 0 unspecified atom stereocenters. The van der Waals surface area contributed by atoms with Gasteiger partial charge in [0.15, 0.2) is 5.69 Å². The van der Waals surface area contributed by atoms with Gasteiger partial charge in [-0.15, -0.1) is 0 Å². The third-order valence-electron chi connectivity index (χ3n) is 4.78. The predicted molar refractivity (Wildman–Crippen MR) is 96.8 cm³/mol. The van der Waals surface area contributed by atoms with Crippen molar-refractivity contribution in [3.8, 4) is 0 Å². The number of likely N-dealkylation sites (tertiary alicyclic amines) is 1. The number of imidazole rings is 1. The number of hydrogen-bond acceptors (Lipinski definition) is 3. The molecule has 1 aliphatic rings. The molecular weight excluding hydrogens is 316 g/mol. The van der Waals surface area contributed by atoms with Crippen molar-refractivity contribution in [1.29, 1.82) is 0 Å². The first-order chi connectivity index (χ1) is 12.1. The van der Waals surface area contributed by atoms with Crippen molar-refractivity contribution >= 4 is 17.3 Å². The molecule has 2 amide bonds. The summed E-state index contributed by atoms with van der Waals surface area (Å²) in [5, 5.41) is 0. The number of hydrogen-bond donors (Lipinski definition) is 0. The number of pyridine rings is 1. The van der Waals surface area contributed by atoms with Gasteiger partial charge in [-0.05, 0) is 37.8 Å². The maximum atomic E-state index is 12.9. The lowest BCUT2D eigenvalue weighted by Gasteiger charge is -2.25. The van der Waals surface area contributed by atoms with Crippen molar-refractivity contribution < 1.29 is 9.59 Å². The number of fused-ring (bicyclic) bond motifs is 1. The van der Waals surface area contributed by atoms with Crippen molar-refractivity contribution in [3.05, 3.63) is 35.9 Å². The van der Waals surface area contributed by atoms with E-state index in [1.807, 2.05) is 29.3 Å². The molecule has 0 N–H and O–H groups in total. The molecule has 3 rings (SSSR count). The summed E-state index contributed by atoms with van der Waals surface area (Å²) in [6.07, 6.45) is 7.01. The molecule has 0 bridgehead atoms. The Labute approximate surface area is 148 Å². The average Bonchev–Trinajstić information content (AvgIpc) is 3.05. The fraction of sp³-hybridized carbons (Fsp3) is 0.526. The van der Waals surface area contributed by atoms with Gasteiger partial charge in [0.2, 0.25) is 5.82 Å². The summed E-state index contributed by atoms with van der Waals surface area (Å²) in [7, 11) is 1.79. The van der Waals surface area contributed by atoms with E-state index in [0.717, 1.165) is 45.2 Å². The Morgan fingerprint density at radius 2 is 1.96 bits per heavy atom. The number of unbranched alkanes of at least 4 members (excludes halogenated alkanes) is 1. The summed E-state index contributed by atoms with van der Waals surface area (Å²) in [4.78, 5) is 33.7. The summed E-state index contributed by atoms with van der Waals surface area (Å²) in [5.74, 6) is 0.121. The molecule has 1 fully saturated rings. The zero-order valence-electron chi connectivity index (χ0n) is 15.1. The second kappa shape index (κ2) is 7.68. The number of amides is 2. The zero-order chi connectivity index (χ0) is 17.8. The fourth-order valence-electron chi connectivity index (χ4n) is 3.26. The number of carbonyl (C=O) groups is 2. The van der Waals surface area contributed by atoms with Crippen LogP contribution in [0.5, 0.6) is 0 Å². The zero-order valence-corrected chi connectivity index (χ0v) is 15.1. The van der Waals surface area contributed by atoms with E-state index in [1.165, 1.54) is 0 Å². The smallest absolute Gasteiger partial charge is 0.290 e. The van der Waals surface area contributed by atoms with Crippen molar-refractivity contribution in [2.45, 2.75) is 39.0 Å². The fourth-order valence-corrected chi connectivity index (χ4v) is 3.26. The molecule has 25 heavy (non-hydrogen) atoms. The quantitative estimate of drug-likeness (QED) is 0.839. The third kappa shape index (κ3) is 3.52. The number of nitrogens with zero attached hydrogens (tertiary/aromatic N) is 4. The topological polar surface area (TPSA) is 57.9 Å². The normalized spacial score (nSPS) is 14.7. The lowest BCUT2D eigenvalue weighted by atomic mass is 10.1. The molecule has 0 aromatic carbocycles. The van der Waals surface area contributed by atoms with Gasteiger partial charge in [-0.2, -0.15) is 0 Å². The van der Waals surface area contributed by atoms with Gasteiger partial charge in [0.1, 0.15) is 0 Å². The van der Waals surface area contributed by atoms with Crippen LogP contribution in [0.25, 0.3) is 5.52 Å². The Hall–Kier alpha value is -2.37. The standard InChI is InChI=1S/C19H26N4O2/c1-3-4-11-21(2)18(24)16-15-10-6-9-14-23(15)17(20-16)19(25)22-12-7-5-8-13-22/h6,9-10,14H,3-5,7-8,11-13H2,1-2H3. The van der Waals surface area contributed by atoms with E-state index in [0.29, 0.717) is 23.6 Å². The van der Waals surface area contributed by atoms with Crippen LogP contribution in [0.15, 0.2) is 24.4 Å². The number of carbonyl (C=O) groups excluding carboxylic acids is 2. The molecule has 0 saturated carbocycles. The molecule has 6 heteroatoms. The van der Waals surface area contributed by atoms with E-state index < -0.39 is 0 Å². The van der Waals surface area contributed by atoms with Crippen LogP contribution in [0.4, 0.5) is 0 Å². The van der Waals surface area contributed by atoms with Gasteiger partial charge >= 0.3 is 0 Å². The summed E-state index contributed by atoms with van der Waals surface area (Å²) in [6, 6.07) is 5.58. The lowest BCUT2D eigenvalue weighted by Crippen LogP contribution is -2.36. The summed E-state index contributed by atoms with van der Waals surface area (Å²) >= 11 is 0. The SMILES string of the molecule is CCCCN(C)C(=O)c1nc(C(=O)N2CCCCC2)n2ccccc12. The van der Waals surface area contributed by atoms with Gasteiger partial charge in [0.05, 0.1) is 5.52 Å². The van der Waals surface area contributed by atoms with Gasteiger partial charge < -0.3 is 9.80 Å². The molecule has 3 heterocycles. The number of aromatic nitrogens is 2. The Morgan fingerprint density at radius 3 is 2.68 bits per heavy atom. The maximum Gasteiger partial charge on any atom is 0.290 e. The first-order valence-corrected chi connectivity index (χ1v) is 9.15. The first kappa shape index (κ1) is 17.5. The molecule has 0 atom stereocenters. The summed E-state index contributed by atoms with van der Waals surface area (Å²) < 4.78 is 1.75. The summed E-state index contributed by atoms with van der Waals surface area (Å²) in [5.41, 5.74) is 1.05. The average molecular weight is 342 g/mol. The van der Waals surface area contributed by atoms with E-state index >= 15 is 0 Å². The van der Waals surface area contributed by atoms with Gasteiger partial charge in [-0.3, -0.25) is 14.0 Å². The largest absolute Gasteiger partial charge is 0.340 e. The third-order valence-corrected chi connectivity index (χ3v) is 4.78. The minimum atomic E-state index is -0.130. The van der Waals surface area contributed by atoms with E-state index in [2.05, 4.69) is 11.9 Å². The molecular formula is C19H26N4O2. The second-order valence-corrected chi connectivity index (χ2v) is 6.67. The highest BCUT2D eigenvalue weighted by atomic mass is 16.2. The highest BCUT2D eigenvalue weighted by molar-refractivity contribution is 6.02. The van der Waals surface area contributed by atoms with E-state index in [4.69, 9.17) is 0 Å². The Balaban J connectivity index is 1.95. The van der Waals surface area contributed by atoms with Crippen LogP contribution in [0, 0.1) is 0 Å². The maximum absolute atomic E-state index is 12.9. The molecule has 0 aliphatic carbocycles. The highest BCUT2D eigenvalue weighted by Gasteiger charge is 2.27. The van der Waals surface area contributed by atoms with Crippen LogP contribution in [-0.4, -0.2) is 57.7 Å². The molecule has 134 valence electrons. The first-order valence-electron chi connectivity index (χ1n) is 9.15. The molecule has 2 aromatic rings. The predicted octanol–water partition coefficient (Wildman–Crippen LogP) is 2.83. The van der Waals surface area contributed by atoms with Gasteiger partial charge in [0.25, 0.3) is 11.8 Å². The van der Waals surface area contributed by atoms with E-state index in [1.54, 1.807) is 16.3 Å². The van der Waals surface area contributed by atoms with Gasteiger partial charge in [-0.1, -0.05) is 19.4 Å². The minimum Gasteiger partial charge on any atom is -0.340 e. The molecule has 0 radical (unpaired) electrons. The van der Waals surface area contributed by atoms with Crippen LogP contribution in [0.3, 0.4) is 0 Å². The van der Waals surface area contributed by atoms with Crippen molar-refractivity contribution in [3.63, 3.8) is 0 Å². The molecule has 2 aromatic heterocycles. The Bertz CT molecular complexity index is 762. The van der Waals surface area contributed by atoms with Gasteiger partial charge in [0, 0.05) is 32.9 Å². The molecule has 6 nitrogen and oxygen atoms in total. The Kier molecular flexibility index (Phi) is 5.36. The van der Waals surface area contributed by atoms with Crippen LogP contribution in [0.1, 0.15) is 60.1 Å².